The second-order valence-electron chi connectivity index (χ2n) is 5.21. The van der Waals surface area contributed by atoms with E-state index in [-0.39, 0.29) is 24.4 Å². The molecule has 1 heterocycles. The van der Waals surface area contributed by atoms with E-state index < -0.39 is 0 Å². The molecule has 0 amide bonds. The molecule has 1 aromatic rings. The topological polar surface area (TPSA) is 38.8 Å². The average molecular weight is 314 g/mol. The monoisotopic (exact) mass is 313 g/mol. The largest absolute Gasteiger partial charge is 0.425 e. The van der Waals surface area contributed by atoms with Crippen LogP contribution in [0.1, 0.15) is 24.5 Å². The van der Waals surface area contributed by atoms with Gasteiger partial charge >= 0.3 is 5.97 Å². The Morgan fingerprint density at radius 1 is 1.29 bits per heavy atom. The van der Waals surface area contributed by atoms with Gasteiger partial charge in [-0.25, -0.2) is 4.79 Å². The summed E-state index contributed by atoms with van der Waals surface area (Å²) >= 11 is 0. The van der Waals surface area contributed by atoms with Crippen LogP contribution in [-0.2, 0) is 9.53 Å². The molecule has 1 fully saturated rings. The predicted octanol–water partition coefficient (Wildman–Crippen LogP) is 2.74. The molecule has 0 saturated carbocycles. The molecule has 1 atom stereocenters. The minimum absolute atomic E-state index is 0. The Morgan fingerprint density at radius 2 is 1.86 bits per heavy atom. The number of morpholine rings is 1. The number of aryl methyl sites for hydroxylation is 2. The third-order valence-corrected chi connectivity index (χ3v) is 3.76. The molecule has 21 heavy (non-hydrogen) atoms. The van der Waals surface area contributed by atoms with E-state index in [2.05, 4.69) is 4.90 Å². The summed E-state index contributed by atoms with van der Waals surface area (Å²) in [5.41, 5.74) is 1.99. The molecule has 0 aliphatic carbocycles. The van der Waals surface area contributed by atoms with Crippen LogP contribution in [0.2, 0.25) is 0 Å². The molecule has 4 nitrogen and oxygen atoms in total. The molecule has 1 aliphatic heterocycles. The fraction of sp³-hybridized carbons (Fsp3) is 0.562. The van der Waals surface area contributed by atoms with Crippen LogP contribution in [0.3, 0.4) is 0 Å². The van der Waals surface area contributed by atoms with Crippen LogP contribution in [0.4, 0.5) is 0 Å². The number of halogens is 1. The molecule has 1 unspecified atom stereocenters. The van der Waals surface area contributed by atoms with Crippen molar-refractivity contribution in [1.82, 2.24) is 4.90 Å². The van der Waals surface area contributed by atoms with E-state index in [9.17, 15) is 4.79 Å². The number of para-hydroxylation sites is 1. The van der Waals surface area contributed by atoms with Crippen molar-refractivity contribution in [1.29, 1.82) is 0 Å². The maximum Gasteiger partial charge on any atom is 0.328 e. The summed E-state index contributed by atoms with van der Waals surface area (Å²) in [6, 6.07) is 5.72. The first-order valence-corrected chi connectivity index (χ1v) is 7.23. The fourth-order valence-corrected chi connectivity index (χ4v) is 2.59. The Bertz CT molecular complexity index is 452. The zero-order valence-corrected chi connectivity index (χ0v) is 13.7. The molecule has 2 rings (SSSR count). The van der Waals surface area contributed by atoms with Gasteiger partial charge in [0.05, 0.1) is 13.2 Å². The third-order valence-electron chi connectivity index (χ3n) is 3.76. The second-order valence-corrected chi connectivity index (χ2v) is 5.21. The molecule has 0 aromatic heterocycles. The molecular formula is C16H24ClNO3. The van der Waals surface area contributed by atoms with Crippen LogP contribution in [0.5, 0.6) is 5.75 Å². The van der Waals surface area contributed by atoms with Gasteiger partial charge in [0.25, 0.3) is 0 Å². The van der Waals surface area contributed by atoms with Gasteiger partial charge in [-0.1, -0.05) is 25.1 Å². The maximum absolute atomic E-state index is 12.4. The first kappa shape index (κ1) is 18.0. The van der Waals surface area contributed by atoms with Crippen molar-refractivity contribution >= 4 is 18.4 Å². The van der Waals surface area contributed by atoms with Gasteiger partial charge in [-0.15, -0.1) is 12.4 Å². The first-order valence-electron chi connectivity index (χ1n) is 7.23. The Labute approximate surface area is 132 Å². The number of esters is 1. The minimum atomic E-state index is -0.182. The third kappa shape index (κ3) is 4.43. The highest BCUT2D eigenvalue weighted by atomic mass is 35.5. The fourth-order valence-electron chi connectivity index (χ4n) is 2.59. The number of hydrogen-bond donors (Lipinski definition) is 0. The van der Waals surface area contributed by atoms with Gasteiger partial charge in [-0.05, 0) is 31.4 Å². The summed E-state index contributed by atoms with van der Waals surface area (Å²) in [7, 11) is 0. The van der Waals surface area contributed by atoms with E-state index in [4.69, 9.17) is 9.47 Å². The smallest absolute Gasteiger partial charge is 0.328 e. The highest BCUT2D eigenvalue weighted by Gasteiger charge is 2.28. The maximum atomic E-state index is 12.4. The summed E-state index contributed by atoms with van der Waals surface area (Å²) in [5.74, 6) is 0.538. The van der Waals surface area contributed by atoms with Crippen molar-refractivity contribution in [2.24, 2.45) is 0 Å². The molecule has 1 saturated heterocycles. The quantitative estimate of drug-likeness (QED) is 0.633. The Kier molecular flexibility index (Phi) is 7.15. The Morgan fingerprint density at radius 3 is 2.38 bits per heavy atom. The number of carbonyl (C=O) groups is 1. The lowest BCUT2D eigenvalue weighted by molar-refractivity contribution is -0.142. The zero-order chi connectivity index (χ0) is 14.5. The van der Waals surface area contributed by atoms with Crippen LogP contribution in [0.25, 0.3) is 0 Å². The lowest BCUT2D eigenvalue weighted by atomic mass is 10.1. The number of nitrogens with zero attached hydrogens (tertiary/aromatic N) is 1. The van der Waals surface area contributed by atoms with E-state index in [1.165, 1.54) is 0 Å². The van der Waals surface area contributed by atoms with Gasteiger partial charge in [0.1, 0.15) is 11.8 Å². The van der Waals surface area contributed by atoms with E-state index in [1.807, 2.05) is 39.0 Å². The minimum Gasteiger partial charge on any atom is -0.425 e. The van der Waals surface area contributed by atoms with Crippen LogP contribution >= 0.6 is 12.4 Å². The lowest BCUT2D eigenvalue weighted by Crippen LogP contribution is -2.48. The van der Waals surface area contributed by atoms with E-state index in [0.29, 0.717) is 19.0 Å². The molecule has 0 N–H and O–H groups in total. The summed E-state index contributed by atoms with van der Waals surface area (Å²) in [5, 5.41) is 0. The van der Waals surface area contributed by atoms with Crippen LogP contribution < -0.4 is 4.74 Å². The molecule has 1 aromatic carbocycles. The van der Waals surface area contributed by atoms with Crippen molar-refractivity contribution in [3.8, 4) is 5.75 Å². The van der Waals surface area contributed by atoms with Gasteiger partial charge in [-0.2, -0.15) is 0 Å². The second kappa shape index (κ2) is 8.37. The van der Waals surface area contributed by atoms with Gasteiger partial charge < -0.3 is 9.47 Å². The van der Waals surface area contributed by atoms with Crippen molar-refractivity contribution in [2.45, 2.75) is 33.2 Å². The standard InChI is InChI=1S/C16H23NO3.ClH/c1-4-14(17-8-10-19-11-9-17)16(18)20-15-12(2)6-5-7-13(15)3;/h5-7,14H,4,8-11H2,1-3H3;1H. The molecule has 5 heteroatoms. The Hall–Kier alpha value is -1.10. The highest BCUT2D eigenvalue weighted by molar-refractivity contribution is 5.85. The lowest BCUT2D eigenvalue weighted by Gasteiger charge is -2.32. The van der Waals surface area contributed by atoms with Crippen LogP contribution in [0.15, 0.2) is 18.2 Å². The summed E-state index contributed by atoms with van der Waals surface area (Å²) in [6.45, 7) is 8.91. The average Bonchev–Trinajstić information content (AvgIpc) is 2.45. The molecule has 0 bridgehead atoms. The number of hydrogen-bond acceptors (Lipinski definition) is 4. The van der Waals surface area contributed by atoms with E-state index in [0.717, 1.165) is 30.6 Å². The first-order chi connectivity index (χ1) is 9.63. The van der Waals surface area contributed by atoms with Crippen LogP contribution in [0, 0.1) is 13.8 Å². The summed E-state index contributed by atoms with van der Waals surface area (Å²) in [4.78, 5) is 14.6. The number of rotatable bonds is 4. The van der Waals surface area contributed by atoms with Gasteiger partial charge in [0, 0.05) is 13.1 Å². The predicted molar refractivity (Wildman–Crippen MR) is 85.3 cm³/mol. The molecule has 1 aliphatic rings. The molecule has 0 radical (unpaired) electrons. The molecular weight excluding hydrogens is 290 g/mol. The van der Waals surface area contributed by atoms with Crippen molar-refractivity contribution in [3.05, 3.63) is 29.3 Å². The van der Waals surface area contributed by atoms with Gasteiger partial charge in [0.2, 0.25) is 0 Å². The normalized spacial score (nSPS) is 16.9. The van der Waals surface area contributed by atoms with E-state index >= 15 is 0 Å². The number of ether oxygens (including phenoxy) is 2. The summed E-state index contributed by atoms with van der Waals surface area (Å²) < 4.78 is 11.0. The van der Waals surface area contributed by atoms with Crippen molar-refractivity contribution in [3.63, 3.8) is 0 Å². The van der Waals surface area contributed by atoms with Crippen LogP contribution in [-0.4, -0.2) is 43.2 Å². The number of carbonyl (C=O) groups excluding carboxylic acids is 1. The van der Waals surface area contributed by atoms with Gasteiger partial charge in [-0.3, -0.25) is 4.90 Å². The van der Waals surface area contributed by atoms with E-state index in [1.54, 1.807) is 0 Å². The molecule has 118 valence electrons. The van der Waals surface area contributed by atoms with Gasteiger partial charge in [0.15, 0.2) is 0 Å². The van der Waals surface area contributed by atoms with Crippen molar-refractivity contribution < 1.29 is 14.3 Å². The van der Waals surface area contributed by atoms with Crippen molar-refractivity contribution in [2.75, 3.05) is 26.3 Å². The zero-order valence-electron chi connectivity index (χ0n) is 12.9. The summed E-state index contributed by atoms with van der Waals surface area (Å²) in [6.07, 6.45) is 0.754. The SMILES string of the molecule is CCC(C(=O)Oc1c(C)cccc1C)N1CCOCC1.Cl. The highest BCUT2D eigenvalue weighted by Crippen LogP contribution is 2.23. The number of benzene rings is 1. The Balaban J connectivity index is 0.00000220. The molecule has 0 spiro atoms.